The number of aromatic nitrogens is 2. The molecule has 0 aliphatic rings. The number of benzene rings is 4. The molecule has 2 heterocycles. The van der Waals surface area contributed by atoms with E-state index in [2.05, 4.69) is 0 Å². The van der Waals surface area contributed by atoms with Crippen LogP contribution in [0.1, 0.15) is 15.9 Å². The summed E-state index contributed by atoms with van der Waals surface area (Å²) in [6.07, 6.45) is 0.859. The Morgan fingerprint density at radius 1 is 0.881 bits per heavy atom. The summed E-state index contributed by atoms with van der Waals surface area (Å²) in [5.41, 5.74) is 1.99. The van der Waals surface area contributed by atoms with Crippen molar-refractivity contribution < 1.29 is 19.0 Å². The molecule has 0 amide bonds. The number of hydrogen-bond acceptors (Lipinski definition) is 8. The Morgan fingerprint density at radius 3 is 2.17 bits per heavy atom. The molecule has 210 valence electrons. The summed E-state index contributed by atoms with van der Waals surface area (Å²) < 4.78 is 19.3. The third-order valence-electron chi connectivity index (χ3n) is 6.94. The first kappa shape index (κ1) is 27.6. The molecule has 0 N–H and O–H groups in total. The van der Waals surface area contributed by atoms with Gasteiger partial charge in [-0.1, -0.05) is 66.4 Å². The lowest BCUT2D eigenvalue weighted by Crippen LogP contribution is -2.23. The highest BCUT2D eigenvalue weighted by atomic mass is 32.2. The largest absolute Gasteiger partial charge is 0.493 e. The average Bonchev–Trinajstić information content (AvgIpc) is 3.42. The van der Waals surface area contributed by atoms with Crippen LogP contribution < -0.4 is 19.8 Å². The van der Waals surface area contributed by atoms with Crippen molar-refractivity contribution in [2.45, 2.75) is 16.3 Å². The first-order valence-corrected chi connectivity index (χ1v) is 14.7. The molecule has 0 fully saturated rings. The molecule has 9 heteroatoms. The fourth-order valence-electron chi connectivity index (χ4n) is 4.96. The normalized spacial score (nSPS) is 11.1. The van der Waals surface area contributed by atoms with Crippen molar-refractivity contribution in [1.29, 1.82) is 0 Å². The Bertz CT molecular complexity index is 1960. The Morgan fingerprint density at radius 2 is 1.55 bits per heavy atom. The van der Waals surface area contributed by atoms with E-state index >= 15 is 0 Å². The predicted molar refractivity (Wildman–Crippen MR) is 168 cm³/mol. The number of carbonyl (C=O) groups excluding carboxylic acids is 1. The van der Waals surface area contributed by atoms with Gasteiger partial charge in [-0.15, -0.1) is 11.3 Å². The summed E-state index contributed by atoms with van der Waals surface area (Å²) in [6, 6.07) is 26.9. The van der Waals surface area contributed by atoms with Crippen LogP contribution in [-0.2, 0) is 6.54 Å². The van der Waals surface area contributed by atoms with E-state index < -0.39 is 0 Å². The number of rotatable bonds is 9. The maximum atomic E-state index is 14.4. The zero-order chi connectivity index (χ0) is 29.2. The van der Waals surface area contributed by atoms with Crippen LogP contribution in [0.25, 0.3) is 31.7 Å². The van der Waals surface area contributed by atoms with E-state index in [1.165, 1.54) is 23.1 Å². The fraction of sp³-hybridized carbons (Fsp3) is 0.121. The van der Waals surface area contributed by atoms with Gasteiger partial charge in [0.05, 0.1) is 38.0 Å². The molecule has 0 spiro atoms. The quantitative estimate of drug-likeness (QED) is 0.162. The van der Waals surface area contributed by atoms with Gasteiger partial charge < -0.3 is 14.2 Å². The molecule has 6 rings (SSSR count). The number of thiophene rings is 1. The first-order valence-electron chi connectivity index (χ1n) is 13.1. The molecule has 0 aliphatic heterocycles. The fourth-order valence-corrected chi connectivity index (χ4v) is 7.29. The number of fused-ring (bicyclic) bond motifs is 3. The zero-order valence-corrected chi connectivity index (χ0v) is 24.8. The van der Waals surface area contributed by atoms with Crippen molar-refractivity contribution >= 4 is 49.7 Å². The van der Waals surface area contributed by atoms with Crippen LogP contribution in [0, 0.1) is 0 Å². The molecule has 6 aromatic rings. The van der Waals surface area contributed by atoms with Crippen molar-refractivity contribution in [2.75, 3.05) is 21.3 Å². The van der Waals surface area contributed by atoms with E-state index in [0.717, 1.165) is 31.7 Å². The van der Waals surface area contributed by atoms with Gasteiger partial charge in [0.15, 0.2) is 17.8 Å². The number of carbonyl (C=O) groups is 1. The average molecular weight is 595 g/mol. The lowest BCUT2D eigenvalue weighted by Gasteiger charge is -2.17. The molecule has 0 saturated carbocycles. The molecule has 42 heavy (non-hydrogen) atoms. The van der Waals surface area contributed by atoms with Gasteiger partial charge in [0.25, 0.3) is 5.56 Å². The highest BCUT2D eigenvalue weighted by Crippen LogP contribution is 2.44. The predicted octanol–water partition coefficient (Wildman–Crippen LogP) is 7.32. The second-order valence-corrected chi connectivity index (χ2v) is 11.5. The Labute approximate surface area is 250 Å². The summed E-state index contributed by atoms with van der Waals surface area (Å²) in [5, 5.41) is 1.30. The minimum atomic E-state index is -0.173. The topological polar surface area (TPSA) is 79.7 Å². The number of ether oxygens (including phenoxy) is 3. The van der Waals surface area contributed by atoms with Crippen LogP contribution in [0.5, 0.6) is 17.2 Å². The maximum Gasteiger partial charge on any atom is 0.263 e. The van der Waals surface area contributed by atoms with E-state index in [9.17, 15) is 9.59 Å². The molecule has 0 unspecified atom stereocenters. The Hall–Kier alpha value is -4.60. The number of methoxy groups -OCH3 is 3. The van der Waals surface area contributed by atoms with Crippen LogP contribution in [0.4, 0.5) is 0 Å². The van der Waals surface area contributed by atoms with E-state index in [1.54, 1.807) is 44.1 Å². The molecule has 0 atom stereocenters. The molecular weight excluding hydrogens is 569 g/mol. The van der Waals surface area contributed by atoms with Gasteiger partial charge >= 0.3 is 0 Å². The molecule has 2 aromatic heterocycles. The maximum absolute atomic E-state index is 14.4. The van der Waals surface area contributed by atoms with E-state index in [4.69, 9.17) is 19.2 Å². The van der Waals surface area contributed by atoms with E-state index in [-0.39, 0.29) is 5.56 Å². The summed E-state index contributed by atoms with van der Waals surface area (Å²) in [6.45, 7) is 0.310. The standard InChI is InChI=1S/C33H26N2O5S2/c1-38-25-16-22(17-26(39-2)28(25)40-3)31-34-32-27(33(37)35(31)18-20-10-6-4-7-11-20)24-15-14-21(19-36)29(30(24)42-32)41-23-12-8-5-9-13-23/h4-17,19H,18H2,1-3H3. The van der Waals surface area contributed by atoms with Gasteiger partial charge in [0, 0.05) is 26.3 Å². The third-order valence-corrected chi connectivity index (χ3v) is 9.34. The second kappa shape index (κ2) is 11.7. The minimum absolute atomic E-state index is 0.173. The monoisotopic (exact) mass is 594 g/mol. The van der Waals surface area contributed by atoms with Gasteiger partial charge in [-0.05, 0) is 35.9 Å². The highest BCUT2D eigenvalue weighted by Gasteiger charge is 2.23. The van der Waals surface area contributed by atoms with Gasteiger partial charge in [-0.25, -0.2) is 4.98 Å². The second-order valence-electron chi connectivity index (χ2n) is 9.40. The van der Waals surface area contributed by atoms with E-state index in [1.807, 2.05) is 66.7 Å². The SMILES string of the molecule is COc1cc(-c2nc3sc4c(Sc5ccccc5)c(C=O)ccc4c3c(=O)n2Cc2ccccc2)cc(OC)c1OC. The summed E-state index contributed by atoms with van der Waals surface area (Å²) in [4.78, 5) is 34.0. The highest BCUT2D eigenvalue weighted by molar-refractivity contribution is 7.99. The number of nitrogens with zero attached hydrogens (tertiary/aromatic N) is 2. The van der Waals surface area contributed by atoms with Gasteiger partial charge in [-0.2, -0.15) is 0 Å². The Balaban J connectivity index is 1.65. The summed E-state index contributed by atoms with van der Waals surface area (Å²) in [5.74, 6) is 1.84. The zero-order valence-electron chi connectivity index (χ0n) is 23.1. The molecule has 0 saturated heterocycles. The number of hydrogen-bond donors (Lipinski definition) is 0. The van der Waals surface area contributed by atoms with Gasteiger partial charge in [-0.3, -0.25) is 14.2 Å². The van der Waals surface area contributed by atoms with E-state index in [0.29, 0.717) is 51.0 Å². The molecule has 7 nitrogen and oxygen atoms in total. The van der Waals surface area contributed by atoms with Crippen LogP contribution in [0.3, 0.4) is 0 Å². The molecule has 4 aromatic carbocycles. The van der Waals surface area contributed by atoms with Crippen molar-refractivity contribution in [1.82, 2.24) is 9.55 Å². The smallest absolute Gasteiger partial charge is 0.263 e. The van der Waals surface area contributed by atoms with Crippen LogP contribution in [-0.4, -0.2) is 37.2 Å². The molecular formula is C33H26N2O5S2. The summed E-state index contributed by atoms with van der Waals surface area (Å²) in [7, 11) is 4.65. The first-order chi connectivity index (χ1) is 20.6. The number of aldehydes is 1. The van der Waals surface area contributed by atoms with Crippen molar-refractivity contribution in [3.63, 3.8) is 0 Å². The lowest BCUT2D eigenvalue weighted by molar-refractivity contribution is 0.112. The van der Waals surface area contributed by atoms with Gasteiger partial charge in [0.2, 0.25) is 5.75 Å². The van der Waals surface area contributed by atoms with Crippen molar-refractivity contribution in [3.05, 3.63) is 106 Å². The van der Waals surface area contributed by atoms with Crippen molar-refractivity contribution in [3.8, 4) is 28.6 Å². The van der Waals surface area contributed by atoms with Crippen LogP contribution >= 0.6 is 23.1 Å². The van der Waals surface area contributed by atoms with Crippen LogP contribution in [0.2, 0.25) is 0 Å². The Kier molecular flexibility index (Phi) is 7.69. The van der Waals surface area contributed by atoms with Crippen molar-refractivity contribution in [2.24, 2.45) is 0 Å². The summed E-state index contributed by atoms with van der Waals surface area (Å²) >= 11 is 2.92. The third kappa shape index (κ3) is 4.91. The van der Waals surface area contributed by atoms with Crippen LogP contribution in [0.15, 0.2) is 99.5 Å². The van der Waals surface area contributed by atoms with Gasteiger partial charge in [0.1, 0.15) is 10.7 Å². The lowest BCUT2D eigenvalue weighted by atomic mass is 10.1. The molecule has 0 bridgehead atoms. The molecule has 0 radical (unpaired) electrons. The minimum Gasteiger partial charge on any atom is -0.493 e. The molecule has 0 aliphatic carbocycles.